The van der Waals surface area contributed by atoms with E-state index in [9.17, 15) is 0 Å². The molecule has 0 bridgehead atoms. The number of allylic oxidation sites excluding steroid dienone is 4. The van der Waals surface area contributed by atoms with Crippen molar-refractivity contribution in [3.05, 3.63) is 68.4 Å². The van der Waals surface area contributed by atoms with Crippen molar-refractivity contribution in [2.24, 2.45) is 0 Å². The Morgan fingerprint density at radius 1 is 0.771 bits per heavy atom. The molecule has 0 aromatic heterocycles. The normalized spacial score (nSPS) is 21.5. The SMILES string of the molecule is [CH3][Sn]([CH3])([CH3])/[C](C=C=C1CCCCC1)=C(/C=C/c1ccccc1)B(C1CCCCC1)C1CCCCC1. The van der Waals surface area contributed by atoms with Gasteiger partial charge in [-0.3, -0.25) is 0 Å². The molecule has 1 aromatic carbocycles. The molecule has 2 heteroatoms. The number of benzene rings is 1. The summed E-state index contributed by atoms with van der Waals surface area (Å²) in [5.41, 5.74) is 8.58. The number of rotatable bonds is 7. The fourth-order valence-electron chi connectivity index (χ4n) is 7.04. The third kappa shape index (κ3) is 8.03. The van der Waals surface area contributed by atoms with Gasteiger partial charge in [0.25, 0.3) is 0 Å². The zero-order chi connectivity index (χ0) is 24.5. The summed E-state index contributed by atoms with van der Waals surface area (Å²) in [4.78, 5) is 7.93. The van der Waals surface area contributed by atoms with Gasteiger partial charge in [-0.25, -0.2) is 0 Å². The van der Waals surface area contributed by atoms with Crippen molar-refractivity contribution >= 4 is 31.2 Å². The van der Waals surface area contributed by atoms with Gasteiger partial charge in [0.05, 0.1) is 0 Å². The Morgan fingerprint density at radius 2 is 1.31 bits per heavy atom. The second kappa shape index (κ2) is 13.6. The van der Waals surface area contributed by atoms with E-state index >= 15 is 0 Å². The van der Waals surface area contributed by atoms with E-state index in [0.29, 0.717) is 0 Å². The van der Waals surface area contributed by atoms with Crippen molar-refractivity contribution < 1.29 is 0 Å². The predicted molar refractivity (Wildman–Crippen MR) is 160 cm³/mol. The third-order valence-electron chi connectivity index (χ3n) is 8.93. The van der Waals surface area contributed by atoms with E-state index in [1.165, 1.54) is 102 Å². The van der Waals surface area contributed by atoms with Gasteiger partial charge in [-0.15, -0.1) is 0 Å². The summed E-state index contributed by atoms with van der Waals surface area (Å²) in [6.45, 7) is 0.746. The fourth-order valence-corrected chi connectivity index (χ4v) is 11.7. The Labute approximate surface area is 221 Å². The molecule has 3 fully saturated rings. The van der Waals surface area contributed by atoms with E-state index in [1.54, 1.807) is 14.6 Å². The quantitative estimate of drug-likeness (QED) is 0.172. The van der Waals surface area contributed by atoms with Crippen molar-refractivity contribution in [1.82, 2.24) is 0 Å². The Bertz CT molecular complexity index is 888. The predicted octanol–water partition coefficient (Wildman–Crippen LogP) is 10.6. The maximum absolute atomic E-state index is 3.92. The molecule has 3 aliphatic carbocycles. The maximum atomic E-state index is 3.92. The molecule has 0 aliphatic heterocycles. The van der Waals surface area contributed by atoms with Gasteiger partial charge in [-0.2, -0.15) is 0 Å². The summed E-state index contributed by atoms with van der Waals surface area (Å²) in [7, 11) is 0. The van der Waals surface area contributed by atoms with Crippen LogP contribution in [0.3, 0.4) is 0 Å². The molecular weight excluding hydrogens is 526 g/mol. The molecule has 0 heterocycles. The van der Waals surface area contributed by atoms with Crippen LogP contribution in [-0.2, 0) is 0 Å². The van der Waals surface area contributed by atoms with Crippen LogP contribution in [0.1, 0.15) is 102 Å². The molecule has 0 N–H and O–H groups in total. The molecular formula is C33H49BSn. The van der Waals surface area contributed by atoms with Gasteiger partial charge in [0.2, 0.25) is 0 Å². The molecule has 0 nitrogen and oxygen atoms in total. The molecule has 3 saturated carbocycles. The Balaban J connectivity index is 1.85. The molecule has 188 valence electrons. The van der Waals surface area contributed by atoms with Crippen LogP contribution in [0.25, 0.3) is 6.08 Å². The van der Waals surface area contributed by atoms with Crippen LogP contribution < -0.4 is 0 Å². The molecule has 0 atom stereocenters. The third-order valence-corrected chi connectivity index (χ3v) is 14.8. The minimum atomic E-state index is -2.42. The average molecular weight is 575 g/mol. The van der Waals surface area contributed by atoms with E-state index in [1.807, 2.05) is 0 Å². The summed E-state index contributed by atoms with van der Waals surface area (Å²) in [6.07, 6.45) is 28.7. The van der Waals surface area contributed by atoms with E-state index in [4.69, 9.17) is 0 Å². The first-order valence-electron chi connectivity index (χ1n) is 14.9. The first kappa shape index (κ1) is 27.1. The monoisotopic (exact) mass is 576 g/mol. The summed E-state index contributed by atoms with van der Waals surface area (Å²) in [5, 5.41) is 0. The van der Waals surface area contributed by atoms with Crippen molar-refractivity contribution in [1.29, 1.82) is 0 Å². The molecule has 0 amide bonds. The molecule has 0 spiro atoms. The van der Waals surface area contributed by atoms with Gasteiger partial charge in [0.15, 0.2) is 0 Å². The zero-order valence-electron chi connectivity index (χ0n) is 23.0. The van der Waals surface area contributed by atoms with Gasteiger partial charge in [-0.1, -0.05) is 0 Å². The van der Waals surface area contributed by atoms with Gasteiger partial charge in [0, 0.05) is 0 Å². The van der Waals surface area contributed by atoms with E-state index in [-0.39, 0.29) is 0 Å². The Kier molecular flexibility index (Phi) is 10.5. The van der Waals surface area contributed by atoms with Gasteiger partial charge < -0.3 is 0 Å². The van der Waals surface area contributed by atoms with Crippen LogP contribution in [0.2, 0.25) is 26.5 Å². The van der Waals surface area contributed by atoms with E-state index < -0.39 is 18.4 Å². The van der Waals surface area contributed by atoms with Crippen molar-refractivity contribution in [2.45, 2.75) is 123 Å². The zero-order valence-corrected chi connectivity index (χ0v) is 25.8. The average Bonchev–Trinajstić information content (AvgIpc) is 2.89. The van der Waals surface area contributed by atoms with Crippen LogP contribution in [0.15, 0.2) is 62.8 Å². The second-order valence-corrected chi connectivity index (χ2v) is 27.0. The van der Waals surface area contributed by atoms with Crippen LogP contribution in [-0.4, -0.2) is 25.1 Å². The number of hydrogen-bond donors (Lipinski definition) is 0. The van der Waals surface area contributed by atoms with Crippen molar-refractivity contribution in [3.8, 4) is 0 Å². The molecule has 0 radical (unpaired) electrons. The molecule has 3 aliphatic rings. The van der Waals surface area contributed by atoms with Crippen LogP contribution in [0.4, 0.5) is 0 Å². The van der Waals surface area contributed by atoms with Crippen LogP contribution in [0, 0.1) is 0 Å². The Morgan fingerprint density at radius 3 is 1.86 bits per heavy atom. The summed E-state index contributed by atoms with van der Waals surface area (Å²) >= 11 is -2.42. The first-order valence-corrected chi connectivity index (χ1v) is 24.9. The van der Waals surface area contributed by atoms with Crippen molar-refractivity contribution in [3.63, 3.8) is 0 Å². The second-order valence-electron chi connectivity index (χ2n) is 12.6. The summed E-state index contributed by atoms with van der Waals surface area (Å²) in [6, 6.07) is 11.0. The molecule has 1 aromatic rings. The summed E-state index contributed by atoms with van der Waals surface area (Å²) in [5.74, 6) is 1.75. The van der Waals surface area contributed by atoms with E-state index in [0.717, 1.165) is 18.3 Å². The minimum absolute atomic E-state index is 0.746. The van der Waals surface area contributed by atoms with Crippen LogP contribution >= 0.6 is 0 Å². The summed E-state index contributed by atoms with van der Waals surface area (Å²) < 4.78 is 1.76. The Hall–Kier alpha value is -0.916. The van der Waals surface area contributed by atoms with Crippen LogP contribution in [0.5, 0.6) is 0 Å². The van der Waals surface area contributed by atoms with Gasteiger partial charge >= 0.3 is 222 Å². The van der Waals surface area contributed by atoms with Crippen molar-refractivity contribution in [2.75, 3.05) is 0 Å². The van der Waals surface area contributed by atoms with Gasteiger partial charge in [-0.05, 0) is 0 Å². The van der Waals surface area contributed by atoms with Gasteiger partial charge in [0.1, 0.15) is 0 Å². The van der Waals surface area contributed by atoms with E-state index in [2.05, 4.69) is 69.1 Å². The molecule has 35 heavy (non-hydrogen) atoms. The molecule has 0 unspecified atom stereocenters. The molecule has 0 saturated heterocycles. The topological polar surface area (TPSA) is 0 Å². The number of hydrogen-bond acceptors (Lipinski definition) is 0. The fraction of sp³-hybridized carbons (Fsp3) is 0.606. The first-order chi connectivity index (χ1) is 17.0. The molecule has 4 rings (SSSR count). The standard InChI is InChI=1S/C30H40B.3CH3.Sn/c1-5-14-26(15-6-1)18-13-23-30(25-24-27-16-7-2-8-17-27)31(28-19-9-3-10-20-28)29-21-11-4-12-22-29;;;;/h2,7-8,13,16-17,24-25,28-29H,1,3-6,9-12,14-15,19-22H2;3*1H3;/b25-24+,30-23?;;;;.